The Labute approximate surface area is 123 Å². The second-order valence-electron chi connectivity index (χ2n) is 5.81. The Morgan fingerprint density at radius 2 is 2.05 bits per heavy atom. The molecule has 1 aliphatic heterocycles. The third-order valence-electron chi connectivity index (χ3n) is 4.18. The van der Waals surface area contributed by atoms with E-state index < -0.39 is 11.6 Å². The van der Waals surface area contributed by atoms with Gasteiger partial charge >= 0.3 is 0 Å². The van der Waals surface area contributed by atoms with Crippen molar-refractivity contribution in [2.75, 3.05) is 0 Å². The summed E-state index contributed by atoms with van der Waals surface area (Å²) < 4.78 is 39.3. The first-order valence-corrected chi connectivity index (χ1v) is 7.68. The van der Waals surface area contributed by atoms with Gasteiger partial charge in [0.15, 0.2) is 11.3 Å². The molecular weight excluding hydrogens is 274 g/mol. The predicted octanol–water partition coefficient (Wildman–Crippen LogP) is 5.29. The molecule has 1 atom stereocenters. The highest BCUT2D eigenvalue weighted by molar-refractivity contribution is 5.85. The molecule has 1 aliphatic rings. The fourth-order valence-electron chi connectivity index (χ4n) is 3.08. The maximum Gasteiger partial charge on any atom is 0.205 e. The van der Waals surface area contributed by atoms with Gasteiger partial charge in [-0.05, 0) is 38.7 Å². The average Bonchev–Trinajstić information content (AvgIpc) is 2.87. The smallest absolute Gasteiger partial charge is 0.205 e. The molecule has 2 nitrogen and oxygen atoms in total. The van der Waals surface area contributed by atoms with Crippen LogP contribution in [0.2, 0.25) is 0 Å². The summed E-state index contributed by atoms with van der Waals surface area (Å²) in [6.45, 7) is 3.88. The molecule has 4 heteroatoms. The third-order valence-corrected chi connectivity index (χ3v) is 4.18. The van der Waals surface area contributed by atoms with Crippen molar-refractivity contribution in [3.63, 3.8) is 0 Å². The number of halogens is 2. The summed E-state index contributed by atoms with van der Waals surface area (Å²) in [6.07, 6.45) is 5.79. The van der Waals surface area contributed by atoms with E-state index in [0.29, 0.717) is 17.6 Å². The van der Waals surface area contributed by atoms with Crippen molar-refractivity contribution >= 4 is 11.0 Å². The van der Waals surface area contributed by atoms with Crippen LogP contribution in [0, 0.1) is 18.6 Å². The van der Waals surface area contributed by atoms with Crippen LogP contribution in [0.5, 0.6) is 5.75 Å². The van der Waals surface area contributed by atoms with Crippen molar-refractivity contribution in [2.45, 2.75) is 58.5 Å². The first kappa shape index (κ1) is 14.4. The summed E-state index contributed by atoms with van der Waals surface area (Å²) in [6, 6.07) is 1.76. The van der Waals surface area contributed by atoms with Gasteiger partial charge in [-0.2, -0.15) is 8.78 Å². The van der Waals surface area contributed by atoms with Crippen LogP contribution >= 0.6 is 0 Å². The van der Waals surface area contributed by atoms with Crippen molar-refractivity contribution in [1.29, 1.82) is 0 Å². The Bertz CT molecular complexity index is 661. The summed E-state index contributed by atoms with van der Waals surface area (Å²) in [7, 11) is 0. The Morgan fingerprint density at radius 1 is 1.24 bits per heavy atom. The molecule has 1 aromatic carbocycles. The van der Waals surface area contributed by atoms with Gasteiger partial charge in [0.2, 0.25) is 11.6 Å². The zero-order valence-corrected chi connectivity index (χ0v) is 12.5. The average molecular weight is 294 g/mol. The van der Waals surface area contributed by atoms with Gasteiger partial charge in [-0.1, -0.05) is 19.8 Å². The molecular formula is C17H20F2O2. The number of rotatable bonds is 4. The molecule has 0 aliphatic carbocycles. The van der Waals surface area contributed by atoms with E-state index in [2.05, 4.69) is 6.92 Å². The number of aryl methyl sites for hydroxylation is 2. The van der Waals surface area contributed by atoms with Crippen molar-refractivity contribution in [3.05, 3.63) is 29.0 Å². The van der Waals surface area contributed by atoms with E-state index in [1.165, 1.54) is 0 Å². The van der Waals surface area contributed by atoms with E-state index in [0.717, 1.165) is 37.7 Å². The van der Waals surface area contributed by atoms with Crippen LogP contribution in [0.3, 0.4) is 0 Å². The number of fused-ring (bicyclic) bond motifs is 3. The van der Waals surface area contributed by atoms with Gasteiger partial charge in [-0.25, -0.2) is 0 Å². The zero-order valence-electron chi connectivity index (χ0n) is 12.5. The maximum absolute atomic E-state index is 14.2. The number of hydrogen-bond donors (Lipinski definition) is 0. The first-order chi connectivity index (χ1) is 10.1. The molecule has 0 saturated heterocycles. The number of benzene rings is 1. The summed E-state index contributed by atoms with van der Waals surface area (Å²) in [4.78, 5) is 0. The van der Waals surface area contributed by atoms with Crippen molar-refractivity contribution in [2.24, 2.45) is 0 Å². The van der Waals surface area contributed by atoms with Gasteiger partial charge in [0, 0.05) is 10.9 Å². The Hall–Kier alpha value is -1.58. The quantitative estimate of drug-likeness (QED) is 0.714. The lowest BCUT2D eigenvalue weighted by atomic mass is 9.96. The van der Waals surface area contributed by atoms with Crippen LogP contribution in [-0.4, -0.2) is 6.10 Å². The van der Waals surface area contributed by atoms with Gasteiger partial charge in [0.1, 0.15) is 5.76 Å². The van der Waals surface area contributed by atoms with Gasteiger partial charge in [0.25, 0.3) is 0 Å². The van der Waals surface area contributed by atoms with Gasteiger partial charge in [-0.3, -0.25) is 0 Å². The number of unbranched alkanes of at least 4 members (excludes halogenated alkanes) is 2. The fourth-order valence-corrected chi connectivity index (χ4v) is 3.08. The molecule has 1 aromatic heterocycles. The minimum atomic E-state index is -0.939. The minimum Gasteiger partial charge on any atom is -0.487 e. The van der Waals surface area contributed by atoms with E-state index in [9.17, 15) is 8.78 Å². The molecule has 1 unspecified atom stereocenters. The van der Waals surface area contributed by atoms with E-state index >= 15 is 0 Å². The number of furan rings is 1. The van der Waals surface area contributed by atoms with Crippen molar-refractivity contribution < 1.29 is 17.9 Å². The molecule has 114 valence electrons. The van der Waals surface area contributed by atoms with Crippen LogP contribution in [0.15, 0.2) is 10.5 Å². The van der Waals surface area contributed by atoms with E-state index in [-0.39, 0.29) is 17.4 Å². The van der Waals surface area contributed by atoms with E-state index in [4.69, 9.17) is 9.15 Å². The lowest BCUT2D eigenvalue weighted by Gasteiger charge is -2.27. The van der Waals surface area contributed by atoms with Crippen LogP contribution < -0.4 is 4.74 Å². The Morgan fingerprint density at radius 3 is 2.81 bits per heavy atom. The monoisotopic (exact) mass is 294 g/mol. The SMILES string of the molecule is CCCCCC1CCc2c(c(F)c(F)c3oc(C)cc23)O1. The molecule has 2 heterocycles. The van der Waals surface area contributed by atoms with E-state index in [1.54, 1.807) is 13.0 Å². The minimum absolute atomic E-state index is 0.0107. The molecule has 3 rings (SSSR count). The summed E-state index contributed by atoms with van der Waals surface area (Å²) in [5.74, 6) is -1.17. The second-order valence-corrected chi connectivity index (χ2v) is 5.81. The standard InChI is InChI=1S/C17H20F2O2/c1-3-4-5-6-11-7-8-12-13-9-10(2)20-17(13)15(19)14(18)16(12)21-11/h9,11H,3-8H2,1-2H3. The third kappa shape index (κ3) is 2.52. The normalized spacial score (nSPS) is 17.8. The highest BCUT2D eigenvalue weighted by Gasteiger charge is 2.29. The molecule has 0 fully saturated rings. The summed E-state index contributed by atoms with van der Waals surface area (Å²) >= 11 is 0. The zero-order chi connectivity index (χ0) is 15.0. The summed E-state index contributed by atoms with van der Waals surface area (Å²) in [5.41, 5.74) is 0.754. The topological polar surface area (TPSA) is 22.4 Å². The molecule has 0 saturated carbocycles. The number of ether oxygens (including phenoxy) is 1. The second kappa shape index (κ2) is 5.66. The van der Waals surface area contributed by atoms with Crippen LogP contribution in [0.4, 0.5) is 8.78 Å². The van der Waals surface area contributed by atoms with Crippen molar-refractivity contribution in [3.8, 4) is 5.75 Å². The van der Waals surface area contributed by atoms with Gasteiger partial charge < -0.3 is 9.15 Å². The Kier molecular flexibility index (Phi) is 3.87. The molecule has 0 N–H and O–H groups in total. The van der Waals surface area contributed by atoms with Gasteiger partial charge in [-0.15, -0.1) is 0 Å². The molecule has 21 heavy (non-hydrogen) atoms. The van der Waals surface area contributed by atoms with Crippen LogP contribution in [0.1, 0.15) is 50.4 Å². The fraction of sp³-hybridized carbons (Fsp3) is 0.529. The lowest BCUT2D eigenvalue weighted by molar-refractivity contribution is 0.151. The maximum atomic E-state index is 14.2. The first-order valence-electron chi connectivity index (χ1n) is 7.68. The van der Waals surface area contributed by atoms with Crippen LogP contribution in [-0.2, 0) is 6.42 Å². The van der Waals surface area contributed by atoms with Crippen molar-refractivity contribution in [1.82, 2.24) is 0 Å². The molecule has 0 radical (unpaired) electrons. The van der Waals surface area contributed by atoms with Gasteiger partial charge in [0.05, 0.1) is 6.10 Å². The largest absolute Gasteiger partial charge is 0.487 e. The molecule has 0 bridgehead atoms. The molecule has 2 aromatic rings. The summed E-state index contributed by atoms with van der Waals surface area (Å²) in [5, 5.41) is 0.647. The molecule has 0 spiro atoms. The highest BCUT2D eigenvalue weighted by Crippen LogP contribution is 2.40. The van der Waals surface area contributed by atoms with Crippen LogP contribution in [0.25, 0.3) is 11.0 Å². The van der Waals surface area contributed by atoms with E-state index in [1.807, 2.05) is 0 Å². The highest BCUT2D eigenvalue weighted by atomic mass is 19.2. The number of hydrogen-bond acceptors (Lipinski definition) is 2. The predicted molar refractivity (Wildman–Crippen MR) is 77.7 cm³/mol. The Balaban J connectivity index is 1.95. The molecule has 0 amide bonds. The lowest BCUT2D eigenvalue weighted by Crippen LogP contribution is -2.24.